The first kappa shape index (κ1) is 54.1. The number of fused-ring (bicyclic) bond motifs is 3. The van der Waals surface area contributed by atoms with E-state index in [4.69, 9.17) is 18.8 Å². The summed E-state index contributed by atoms with van der Waals surface area (Å²) in [7, 11) is -0.833. The summed E-state index contributed by atoms with van der Waals surface area (Å²) in [6, 6.07) is 46.5. The van der Waals surface area contributed by atoms with Gasteiger partial charge in [0.1, 0.15) is 18.5 Å². The summed E-state index contributed by atoms with van der Waals surface area (Å²) < 4.78 is 17.3. The van der Waals surface area contributed by atoms with Gasteiger partial charge in [0.2, 0.25) is 11.8 Å². The monoisotopic (exact) mass is 985 g/mol. The molecule has 0 spiro atoms. The van der Waals surface area contributed by atoms with E-state index in [1.54, 1.807) is 7.11 Å². The predicted octanol–water partition coefficient (Wildman–Crippen LogP) is 8.69. The topological polar surface area (TPSA) is 187 Å². The minimum Gasteiger partial charge on any atom is -0.497 e. The van der Waals surface area contributed by atoms with Gasteiger partial charge in [-0.25, -0.2) is 9.80 Å². The number of hydrogen-bond acceptors (Lipinski definition) is 12. The first-order valence-corrected chi connectivity index (χ1v) is 25.5. The van der Waals surface area contributed by atoms with Crippen LogP contribution in [0.5, 0.6) is 5.75 Å². The Bertz CT molecular complexity index is 2400. The van der Waals surface area contributed by atoms with Gasteiger partial charge in [-0.1, -0.05) is 121 Å². The van der Waals surface area contributed by atoms with Gasteiger partial charge in [-0.2, -0.15) is 5.26 Å². The summed E-state index contributed by atoms with van der Waals surface area (Å²) >= 11 is 0. The molecule has 0 aromatic heterocycles. The molecule has 5 aromatic rings. The Morgan fingerprint density at radius 1 is 0.704 bits per heavy atom. The lowest BCUT2D eigenvalue weighted by molar-refractivity contribution is -0.246. The van der Waals surface area contributed by atoms with E-state index in [0.717, 1.165) is 44.7 Å². The number of nitrogens with one attached hydrogen (secondary N) is 4. The van der Waals surface area contributed by atoms with E-state index in [-0.39, 0.29) is 81.9 Å². The molecule has 3 amide bonds. The summed E-state index contributed by atoms with van der Waals surface area (Å²) in [5, 5.41) is 23.4. The molecule has 15 nitrogen and oxygen atoms in total. The number of carbonyl (C=O) groups is 3. The molecule has 5 aromatic carbocycles. The number of carbonyl (C=O) groups excluding carboxylic acids is 3. The Labute approximate surface area is 419 Å². The van der Waals surface area contributed by atoms with Crippen molar-refractivity contribution in [3.63, 3.8) is 0 Å². The van der Waals surface area contributed by atoms with Crippen molar-refractivity contribution in [1.29, 1.82) is 5.26 Å². The molecule has 0 saturated heterocycles. The number of hydrazine groups is 1. The number of hydrogen-bond donors (Lipinski definition) is 5. The van der Waals surface area contributed by atoms with Gasteiger partial charge in [0.15, 0.2) is 0 Å². The molecule has 6 rings (SSSR count). The summed E-state index contributed by atoms with van der Waals surface area (Å²) in [5.41, 5.74) is 6.86. The molecule has 2 atom stereocenters. The third-order valence-corrected chi connectivity index (χ3v) is 13.3. The van der Waals surface area contributed by atoms with Crippen LogP contribution in [0, 0.1) is 11.3 Å². The normalized spacial score (nSPS) is 13.1. The fourth-order valence-electron chi connectivity index (χ4n) is 8.96. The van der Waals surface area contributed by atoms with Crippen molar-refractivity contribution >= 4 is 26.4 Å². The third-order valence-electron chi connectivity index (χ3n) is 12.2. The van der Waals surface area contributed by atoms with E-state index >= 15 is 0 Å². The Morgan fingerprint density at radius 2 is 1.21 bits per heavy atom. The Morgan fingerprint density at radius 3 is 1.73 bits per heavy atom. The number of ether oxygens (including phenoxy) is 2. The molecule has 0 aliphatic heterocycles. The maximum atomic E-state index is 13.6. The van der Waals surface area contributed by atoms with E-state index < -0.39 is 26.3 Å². The zero-order valence-electron chi connectivity index (χ0n) is 41.4. The zero-order valence-corrected chi connectivity index (χ0v) is 42.3. The molecular weight excluding hydrogens is 918 g/mol. The molecule has 1 aliphatic rings. The molecule has 0 bridgehead atoms. The third kappa shape index (κ3) is 14.7. The second-order valence-corrected chi connectivity index (χ2v) is 18.8. The van der Waals surface area contributed by atoms with Crippen LogP contribution >= 0.6 is 8.53 Å². The average Bonchev–Trinajstić information content (AvgIpc) is 3.71. The maximum absolute atomic E-state index is 13.6. The van der Waals surface area contributed by atoms with Gasteiger partial charge >= 0.3 is 6.09 Å². The van der Waals surface area contributed by atoms with Gasteiger partial charge in [0.05, 0.1) is 31.7 Å². The highest BCUT2D eigenvalue weighted by atomic mass is 31.2. The largest absolute Gasteiger partial charge is 0.497 e. The minimum atomic E-state index is -2.47. The standard InChI is InChI=1S/C55H68N7O8P/c1-40(2)61(41(3)4)62(69-36-18-33-56)71(66)70-46(37-58-52(63)27-16-34-57-54(65)68-39-51-49-25-14-12-23-47(49)48-24-13-15-26-50(48)51)38-59-53(64)28-17-35-60-55(42-19-8-6-9-20-42,43-21-10-7-11-22-43)44-29-31-45(67-5)32-30-44/h6-15,19-26,29-32,40-41,46,51,60,66H,16-18,27-28,34-39H2,1-5H3,(H,57,65)(H,58,63)(H,59,64). The van der Waals surface area contributed by atoms with Crippen molar-refractivity contribution in [2.24, 2.45) is 0 Å². The Balaban J connectivity index is 1.05. The van der Waals surface area contributed by atoms with Crippen LogP contribution < -0.4 is 26.0 Å². The van der Waals surface area contributed by atoms with Crippen molar-refractivity contribution < 1.29 is 38.1 Å². The van der Waals surface area contributed by atoms with Crippen LogP contribution in [0.4, 0.5) is 4.79 Å². The molecule has 0 heterocycles. The molecule has 5 N–H and O–H groups in total. The van der Waals surface area contributed by atoms with E-state index in [2.05, 4.69) is 88.0 Å². The smallest absolute Gasteiger partial charge is 0.407 e. The van der Waals surface area contributed by atoms with Crippen molar-refractivity contribution in [2.75, 3.05) is 46.5 Å². The summed E-state index contributed by atoms with van der Waals surface area (Å²) in [6.45, 7) is 8.58. The van der Waals surface area contributed by atoms with Crippen LogP contribution in [0.15, 0.2) is 133 Å². The molecule has 16 heteroatoms. The van der Waals surface area contributed by atoms with E-state index in [0.29, 0.717) is 19.4 Å². The maximum Gasteiger partial charge on any atom is 0.407 e. The number of nitriles is 1. The molecular formula is C55H68N7O8P. The Kier molecular flexibility index (Phi) is 20.9. The number of nitrogens with zero attached hydrogens (tertiary/aromatic N) is 3. The highest BCUT2D eigenvalue weighted by Gasteiger charge is 2.37. The van der Waals surface area contributed by atoms with Gasteiger partial charge in [-0.3, -0.25) is 19.7 Å². The van der Waals surface area contributed by atoms with E-state index in [9.17, 15) is 24.5 Å². The van der Waals surface area contributed by atoms with Crippen LogP contribution in [0.3, 0.4) is 0 Å². The van der Waals surface area contributed by atoms with Crippen LogP contribution in [0.25, 0.3) is 11.1 Å². The number of methoxy groups -OCH3 is 1. The summed E-state index contributed by atoms with van der Waals surface area (Å²) in [5.74, 6) is 0.128. The SMILES string of the molecule is COc1ccc(C(NCCCC(=O)NCC(CNC(=O)CCCNC(=O)OCC2c3ccccc3-c3ccccc32)OP(O)N(OCCC#N)N(C(C)C)C(C)C)(c2ccccc2)c2ccccc2)cc1. The van der Waals surface area contributed by atoms with Crippen molar-refractivity contribution in [3.05, 3.63) is 161 Å². The molecule has 376 valence electrons. The van der Waals surface area contributed by atoms with Gasteiger partial charge < -0.3 is 34.8 Å². The molecule has 71 heavy (non-hydrogen) atoms. The van der Waals surface area contributed by atoms with E-state index in [1.165, 1.54) is 4.94 Å². The summed E-state index contributed by atoms with van der Waals surface area (Å²) in [6.07, 6.45) is -0.263. The van der Waals surface area contributed by atoms with Crippen LogP contribution in [0.1, 0.15) is 93.5 Å². The van der Waals surface area contributed by atoms with Gasteiger partial charge in [-0.05, 0) is 103 Å². The first-order chi connectivity index (χ1) is 34.5. The quantitative estimate of drug-likeness (QED) is 0.0139. The molecule has 0 saturated carbocycles. The minimum absolute atomic E-state index is 0.0136. The first-order valence-electron chi connectivity index (χ1n) is 24.3. The fourth-order valence-corrected chi connectivity index (χ4v) is 10.2. The van der Waals surface area contributed by atoms with Gasteiger partial charge in [0.25, 0.3) is 8.53 Å². The predicted molar refractivity (Wildman–Crippen MR) is 275 cm³/mol. The lowest BCUT2D eigenvalue weighted by atomic mass is 9.77. The van der Waals surface area contributed by atoms with Gasteiger partial charge in [0, 0.05) is 50.5 Å². The fraction of sp³-hybridized carbons (Fsp3) is 0.382. The molecule has 1 aliphatic carbocycles. The van der Waals surface area contributed by atoms with Crippen molar-refractivity contribution in [1.82, 2.24) is 31.2 Å². The number of amides is 3. The zero-order chi connectivity index (χ0) is 50.6. The lowest BCUT2D eigenvalue weighted by Crippen LogP contribution is -2.49. The average molecular weight is 986 g/mol. The Hall–Kier alpha value is -6.21. The lowest BCUT2D eigenvalue weighted by Gasteiger charge is -2.40. The van der Waals surface area contributed by atoms with Crippen LogP contribution in [0.2, 0.25) is 0 Å². The van der Waals surface area contributed by atoms with Crippen molar-refractivity contribution in [3.8, 4) is 22.9 Å². The summed E-state index contributed by atoms with van der Waals surface area (Å²) in [4.78, 5) is 58.3. The number of benzene rings is 5. The van der Waals surface area contributed by atoms with E-state index in [1.807, 2.05) is 106 Å². The molecule has 0 radical (unpaired) electrons. The van der Waals surface area contributed by atoms with Crippen LogP contribution in [-0.2, 0) is 29.2 Å². The number of rotatable bonds is 28. The second kappa shape index (κ2) is 27.4. The van der Waals surface area contributed by atoms with Gasteiger partial charge in [-0.15, -0.1) is 0 Å². The van der Waals surface area contributed by atoms with Crippen molar-refractivity contribution in [2.45, 2.75) is 89.4 Å². The molecule has 0 fully saturated rings. The highest BCUT2D eigenvalue weighted by Crippen LogP contribution is 2.45. The second-order valence-electron chi connectivity index (χ2n) is 17.7. The molecule has 2 unspecified atom stereocenters. The highest BCUT2D eigenvalue weighted by molar-refractivity contribution is 7.43. The number of alkyl carbamates (subject to hydrolysis) is 1. The van der Waals surface area contributed by atoms with Crippen LogP contribution in [-0.4, -0.2) is 97.4 Å².